The molecule has 0 spiro atoms. The molecule has 1 aliphatic rings. The minimum Gasteiger partial charge on any atom is -0.340 e. The highest BCUT2D eigenvalue weighted by Crippen LogP contribution is 2.21. The average molecular weight is 498 g/mol. The largest absolute Gasteiger partial charge is 0.340 e. The van der Waals surface area contributed by atoms with E-state index in [1.54, 1.807) is 18.7 Å². The first-order valence-corrected chi connectivity index (χ1v) is 11.1. The van der Waals surface area contributed by atoms with E-state index in [0.717, 1.165) is 18.2 Å². The number of carbonyl (C=O) groups is 3. The molecule has 2 aromatic rings. The van der Waals surface area contributed by atoms with E-state index in [4.69, 9.17) is 23.2 Å². The quantitative estimate of drug-likeness (QED) is 0.678. The maximum Gasteiger partial charge on any atom is 0.257 e. The minimum atomic E-state index is -1.00. The number of hydrogen-bond acceptors (Lipinski definition) is 3. The van der Waals surface area contributed by atoms with Crippen LogP contribution in [-0.4, -0.2) is 59.7 Å². The number of nitrogens with zero attached hydrogens (tertiary/aromatic N) is 2. The molecular formula is C23H23Cl2F2N3O3. The Bertz CT molecular complexity index is 1030. The van der Waals surface area contributed by atoms with Gasteiger partial charge in [-0.05, 0) is 36.2 Å². The van der Waals surface area contributed by atoms with Gasteiger partial charge in [0.1, 0.15) is 23.2 Å². The zero-order valence-corrected chi connectivity index (χ0v) is 19.6. The van der Waals surface area contributed by atoms with E-state index in [-0.39, 0.29) is 43.9 Å². The second-order valence-corrected chi connectivity index (χ2v) is 8.94. The number of amides is 3. The summed E-state index contributed by atoms with van der Waals surface area (Å²) in [5, 5.41) is 3.16. The summed E-state index contributed by atoms with van der Waals surface area (Å²) in [6.45, 7) is 4.48. The molecule has 0 saturated carbocycles. The summed E-state index contributed by atoms with van der Waals surface area (Å²) in [5.74, 6) is -3.97. The van der Waals surface area contributed by atoms with Gasteiger partial charge >= 0.3 is 0 Å². The average Bonchev–Trinajstić information content (AvgIpc) is 2.75. The van der Waals surface area contributed by atoms with Crippen LogP contribution in [0.1, 0.15) is 34.6 Å². The third kappa shape index (κ3) is 5.81. The lowest BCUT2D eigenvalue weighted by Crippen LogP contribution is -2.57. The summed E-state index contributed by atoms with van der Waals surface area (Å²) < 4.78 is 27.9. The Hall–Kier alpha value is -2.71. The molecule has 2 aromatic carbocycles. The molecule has 10 heteroatoms. The van der Waals surface area contributed by atoms with Crippen LogP contribution in [0.5, 0.6) is 0 Å². The van der Waals surface area contributed by atoms with Crippen LogP contribution < -0.4 is 5.32 Å². The van der Waals surface area contributed by atoms with Gasteiger partial charge in [0.25, 0.3) is 11.8 Å². The van der Waals surface area contributed by atoms with Gasteiger partial charge in [0.2, 0.25) is 5.91 Å². The molecular weight excluding hydrogens is 475 g/mol. The standard InChI is InChI=1S/C23H23Cl2F2N3O3/c1-13(2)20(28-21(31)19-17(26)4-3-5-18(19)27)23(33)30-8-6-29(7-9-30)22(32)14-10-15(24)12-16(25)11-14/h3-5,10-13,20H,6-9H2,1-2H3,(H,28,31)/t20-/m0/s1. The molecule has 0 aromatic heterocycles. The van der Waals surface area contributed by atoms with Gasteiger partial charge in [0, 0.05) is 41.8 Å². The molecule has 1 aliphatic heterocycles. The molecule has 0 bridgehead atoms. The summed E-state index contributed by atoms with van der Waals surface area (Å²) in [7, 11) is 0. The maximum absolute atomic E-state index is 14.0. The van der Waals surface area contributed by atoms with Crippen molar-refractivity contribution in [3.63, 3.8) is 0 Å². The van der Waals surface area contributed by atoms with E-state index in [1.165, 1.54) is 23.1 Å². The van der Waals surface area contributed by atoms with Gasteiger partial charge in [-0.15, -0.1) is 0 Å². The van der Waals surface area contributed by atoms with E-state index in [1.807, 2.05) is 0 Å². The number of rotatable bonds is 5. The zero-order valence-electron chi connectivity index (χ0n) is 18.1. The predicted octanol–water partition coefficient (Wildman–Crippen LogP) is 4.01. The fraction of sp³-hybridized carbons (Fsp3) is 0.348. The van der Waals surface area contributed by atoms with Crippen LogP contribution in [0.4, 0.5) is 8.78 Å². The van der Waals surface area contributed by atoms with Crippen molar-refractivity contribution in [2.75, 3.05) is 26.2 Å². The second kappa shape index (κ2) is 10.5. The van der Waals surface area contributed by atoms with Crippen molar-refractivity contribution in [2.45, 2.75) is 19.9 Å². The lowest BCUT2D eigenvalue weighted by Gasteiger charge is -2.37. The highest BCUT2D eigenvalue weighted by molar-refractivity contribution is 6.35. The monoisotopic (exact) mass is 497 g/mol. The Kier molecular flexibility index (Phi) is 7.92. The van der Waals surface area contributed by atoms with Gasteiger partial charge in [0.15, 0.2) is 0 Å². The molecule has 176 valence electrons. The van der Waals surface area contributed by atoms with Gasteiger partial charge in [0.05, 0.1) is 0 Å². The van der Waals surface area contributed by atoms with Crippen molar-refractivity contribution in [1.82, 2.24) is 15.1 Å². The summed E-state index contributed by atoms with van der Waals surface area (Å²) in [5.41, 5.74) is -0.377. The zero-order chi connectivity index (χ0) is 24.3. The molecule has 3 amide bonds. The third-order valence-electron chi connectivity index (χ3n) is 5.40. The molecule has 1 atom stereocenters. The molecule has 0 aliphatic carbocycles. The molecule has 1 heterocycles. The lowest BCUT2D eigenvalue weighted by atomic mass is 10.0. The lowest BCUT2D eigenvalue weighted by molar-refractivity contribution is -0.135. The molecule has 1 N–H and O–H groups in total. The molecule has 0 unspecified atom stereocenters. The second-order valence-electron chi connectivity index (χ2n) is 8.07. The molecule has 6 nitrogen and oxygen atoms in total. The number of carbonyl (C=O) groups excluding carboxylic acids is 3. The van der Waals surface area contributed by atoms with E-state index >= 15 is 0 Å². The summed E-state index contributed by atoms with van der Waals surface area (Å²) in [4.78, 5) is 41.5. The van der Waals surface area contributed by atoms with Crippen LogP contribution in [0, 0.1) is 17.6 Å². The molecule has 3 rings (SSSR count). The third-order valence-corrected chi connectivity index (χ3v) is 5.83. The van der Waals surface area contributed by atoms with Gasteiger partial charge < -0.3 is 15.1 Å². The SMILES string of the molecule is CC(C)[C@H](NC(=O)c1c(F)cccc1F)C(=O)N1CCN(C(=O)c2cc(Cl)cc(Cl)c2)CC1. The van der Waals surface area contributed by atoms with E-state index in [0.29, 0.717) is 15.6 Å². The van der Waals surface area contributed by atoms with Crippen molar-refractivity contribution >= 4 is 40.9 Å². The number of halogens is 4. The van der Waals surface area contributed by atoms with Crippen LogP contribution in [0.3, 0.4) is 0 Å². The van der Waals surface area contributed by atoms with Crippen LogP contribution >= 0.6 is 23.2 Å². The van der Waals surface area contributed by atoms with Gasteiger partial charge in [-0.2, -0.15) is 0 Å². The van der Waals surface area contributed by atoms with Crippen LogP contribution in [0.15, 0.2) is 36.4 Å². The summed E-state index contributed by atoms with van der Waals surface area (Å²) >= 11 is 12.0. The van der Waals surface area contributed by atoms with Crippen LogP contribution in [-0.2, 0) is 4.79 Å². The Morgan fingerprint density at radius 3 is 1.94 bits per heavy atom. The first kappa shape index (κ1) is 24.9. The highest BCUT2D eigenvalue weighted by atomic mass is 35.5. The number of piperazine rings is 1. The van der Waals surface area contributed by atoms with Crippen molar-refractivity contribution in [3.8, 4) is 0 Å². The van der Waals surface area contributed by atoms with E-state index in [9.17, 15) is 23.2 Å². The molecule has 1 fully saturated rings. The smallest absolute Gasteiger partial charge is 0.257 e. The van der Waals surface area contributed by atoms with Gasteiger partial charge in [-0.3, -0.25) is 14.4 Å². The Morgan fingerprint density at radius 1 is 0.909 bits per heavy atom. The topological polar surface area (TPSA) is 69.7 Å². The van der Waals surface area contributed by atoms with Crippen molar-refractivity contribution < 1.29 is 23.2 Å². The molecule has 33 heavy (non-hydrogen) atoms. The van der Waals surface area contributed by atoms with Gasteiger partial charge in [-0.1, -0.05) is 43.1 Å². The van der Waals surface area contributed by atoms with Gasteiger partial charge in [-0.25, -0.2) is 8.78 Å². The summed E-state index contributed by atoms with van der Waals surface area (Å²) in [6.07, 6.45) is 0. The fourth-order valence-electron chi connectivity index (χ4n) is 3.63. The molecule has 1 saturated heterocycles. The van der Waals surface area contributed by atoms with Crippen molar-refractivity contribution in [3.05, 3.63) is 69.2 Å². The number of benzene rings is 2. The number of hydrogen-bond donors (Lipinski definition) is 1. The van der Waals surface area contributed by atoms with Crippen LogP contribution in [0.25, 0.3) is 0 Å². The van der Waals surface area contributed by atoms with Crippen molar-refractivity contribution in [1.29, 1.82) is 0 Å². The van der Waals surface area contributed by atoms with E-state index < -0.39 is 29.1 Å². The van der Waals surface area contributed by atoms with Crippen molar-refractivity contribution in [2.24, 2.45) is 5.92 Å². The maximum atomic E-state index is 14.0. The Morgan fingerprint density at radius 2 is 1.42 bits per heavy atom. The fourth-order valence-corrected chi connectivity index (χ4v) is 4.15. The van der Waals surface area contributed by atoms with E-state index in [2.05, 4.69) is 5.32 Å². The first-order valence-electron chi connectivity index (χ1n) is 10.4. The molecule has 0 radical (unpaired) electrons. The Balaban J connectivity index is 1.66. The summed E-state index contributed by atoms with van der Waals surface area (Å²) in [6, 6.07) is 6.72. The number of nitrogens with one attached hydrogen (secondary N) is 1. The van der Waals surface area contributed by atoms with Crippen LogP contribution in [0.2, 0.25) is 10.0 Å². The predicted molar refractivity (Wildman–Crippen MR) is 121 cm³/mol. The minimum absolute atomic E-state index is 0.242. The normalized spacial score (nSPS) is 14.9. The Labute approximate surface area is 200 Å². The highest BCUT2D eigenvalue weighted by Gasteiger charge is 2.33. The first-order chi connectivity index (χ1) is 15.6.